The second-order valence-electron chi connectivity index (χ2n) is 8.21. The van der Waals surface area contributed by atoms with Gasteiger partial charge in [-0.2, -0.15) is 0 Å². The van der Waals surface area contributed by atoms with Crippen molar-refractivity contribution in [3.8, 4) is 5.75 Å². The lowest BCUT2D eigenvalue weighted by atomic mass is 9.94. The summed E-state index contributed by atoms with van der Waals surface area (Å²) in [7, 11) is 3.23. The first-order chi connectivity index (χ1) is 16.8. The third kappa shape index (κ3) is 3.65. The Morgan fingerprint density at radius 2 is 1.83 bits per heavy atom. The number of anilines is 1. The number of benzene rings is 3. The van der Waals surface area contributed by atoms with Crippen molar-refractivity contribution in [1.29, 1.82) is 0 Å². The van der Waals surface area contributed by atoms with Crippen LogP contribution in [0.4, 0.5) is 10.1 Å². The van der Waals surface area contributed by atoms with Crippen molar-refractivity contribution in [2.45, 2.75) is 6.04 Å². The molecule has 0 saturated carbocycles. The molecule has 1 unspecified atom stereocenters. The van der Waals surface area contributed by atoms with Crippen LogP contribution in [0.15, 0.2) is 78.5 Å². The van der Waals surface area contributed by atoms with Gasteiger partial charge in [-0.15, -0.1) is 0 Å². The molecule has 4 aromatic rings. The van der Waals surface area contributed by atoms with Gasteiger partial charge in [0.15, 0.2) is 0 Å². The smallest absolute Gasteiger partial charge is 0.300 e. The van der Waals surface area contributed by atoms with E-state index in [2.05, 4.69) is 0 Å². The second kappa shape index (κ2) is 8.60. The molecule has 35 heavy (non-hydrogen) atoms. The van der Waals surface area contributed by atoms with Crippen molar-refractivity contribution in [3.05, 3.63) is 100 Å². The molecular formula is C27H20ClFN2O4. The van der Waals surface area contributed by atoms with E-state index in [1.807, 2.05) is 42.1 Å². The van der Waals surface area contributed by atoms with Gasteiger partial charge in [0.2, 0.25) is 0 Å². The molecule has 1 N–H and O–H groups in total. The van der Waals surface area contributed by atoms with E-state index >= 15 is 0 Å². The highest BCUT2D eigenvalue weighted by Crippen LogP contribution is 2.45. The number of Topliss-reactive ketones (excluding diaryl/α,β-unsaturated/α-hetero) is 1. The molecule has 0 radical (unpaired) electrons. The zero-order valence-electron chi connectivity index (χ0n) is 18.8. The van der Waals surface area contributed by atoms with Crippen LogP contribution in [0.25, 0.3) is 16.7 Å². The Hall–Kier alpha value is -4.10. The number of halogens is 2. The number of rotatable bonds is 4. The van der Waals surface area contributed by atoms with E-state index in [1.165, 1.54) is 24.1 Å². The summed E-state index contributed by atoms with van der Waals surface area (Å²) in [4.78, 5) is 28.1. The van der Waals surface area contributed by atoms with Gasteiger partial charge in [-0.1, -0.05) is 35.9 Å². The number of carbonyl (C=O) groups excluding carboxylic acids is 2. The molecule has 1 fully saturated rings. The summed E-state index contributed by atoms with van der Waals surface area (Å²) in [5.74, 6) is -2.72. The molecule has 2 heterocycles. The number of aliphatic hydroxyl groups is 1. The summed E-state index contributed by atoms with van der Waals surface area (Å²) >= 11 is 6.21. The lowest BCUT2D eigenvalue weighted by Gasteiger charge is -2.25. The summed E-state index contributed by atoms with van der Waals surface area (Å²) in [6, 6.07) is 16.7. The van der Waals surface area contributed by atoms with Crippen LogP contribution in [0.1, 0.15) is 17.2 Å². The Morgan fingerprint density at radius 1 is 1.06 bits per heavy atom. The molecule has 1 aliphatic rings. The Labute approximate surface area is 205 Å². The van der Waals surface area contributed by atoms with E-state index in [-0.39, 0.29) is 16.9 Å². The molecule has 6 nitrogen and oxygen atoms in total. The van der Waals surface area contributed by atoms with Crippen molar-refractivity contribution in [2.75, 3.05) is 12.0 Å². The number of aromatic nitrogens is 1. The van der Waals surface area contributed by atoms with E-state index < -0.39 is 29.3 Å². The van der Waals surface area contributed by atoms with Crippen molar-refractivity contribution in [3.63, 3.8) is 0 Å². The number of para-hydroxylation sites is 1. The Kier molecular flexibility index (Phi) is 5.57. The number of ether oxygens (including phenoxy) is 1. The SMILES string of the molecule is COc1ccc(F)cc1/C(O)=C1\C(=O)C(=O)N(c2cccc(Cl)c2)C1c1cn(C)c2ccccc12. The van der Waals surface area contributed by atoms with E-state index in [0.717, 1.165) is 17.0 Å². The largest absolute Gasteiger partial charge is 0.507 e. The van der Waals surface area contributed by atoms with Crippen LogP contribution in [-0.2, 0) is 16.6 Å². The van der Waals surface area contributed by atoms with Gasteiger partial charge in [-0.25, -0.2) is 4.39 Å². The second-order valence-corrected chi connectivity index (χ2v) is 8.64. The number of methoxy groups -OCH3 is 1. The molecule has 0 aliphatic carbocycles. The number of aliphatic hydroxyl groups excluding tert-OH is 1. The van der Waals surface area contributed by atoms with Crippen molar-refractivity contribution >= 4 is 45.6 Å². The van der Waals surface area contributed by atoms with E-state index in [4.69, 9.17) is 16.3 Å². The highest BCUT2D eigenvalue weighted by Gasteiger charge is 2.48. The molecule has 1 saturated heterocycles. The molecule has 0 bridgehead atoms. The highest BCUT2D eigenvalue weighted by atomic mass is 35.5. The summed E-state index contributed by atoms with van der Waals surface area (Å²) in [6.45, 7) is 0. The topological polar surface area (TPSA) is 71.8 Å². The van der Waals surface area contributed by atoms with Crippen LogP contribution in [0.2, 0.25) is 5.02 Å². The number of carbonyl (C=O) groups is 2. The van der Waals surface area contributed by atoms with E-state index in [9.17, 15) is 19.1 Å². The number of aryl methyl sites for hydroxylation is 1. The quantitative estimate of drug-likeness (QED) is 0.229. The molecule has 1 atom stereocenters. The summed E-state index contributed by atoms with van der Waals surface area (Å²) in [6.07, 6.45) is 1.81. The number of hydrogen-bond donors (Lipinski definition) is 1. The van der Waals surface area contributed by atoms with E-state index in [0.29, 0.717) is 16.3 Å². The van der Waals surface area contributed by atoms with Crippen LogP contribution >= 0.6 is 11.6 Å². The molecule has 3 aromatic carbocycles. The van der Waals surface area contributed by atoms with Gasteiger partial charge in [0, 0.05) is 40.4 Å². The number of hydrogen-bond acceptors (Lipinski definition) is 4. The predicted molar refractivity (Wildman–Crippen MR) is 132 cm³/mol. The van der Waals surface area contributed by atoms with Crippen molar-refractivity contribution < 1.29 is 23.8 Å². The fourth-order valence-electron chi connectivity index (χ4n) is 4.62. The van der Waals surface area contributed by atoms with E-state index in [1.54, 1.807) is 24.3 Å². The highest BCUT2D eigenvalue weighted by molar-refractivity contribution is 6.52. The number of fused-ring (bicyclic) bond motifs is 1. The molecule has 0 spiro atoms. The van der Waals surface area contributed by atoms with Gasteiger partial charge in [0.1, 0.15) is 17.3 Å². The zero-order valence-corrected chi connectivity index (χ0v) is 19.6. The maximum Gasteiger partial charge on any atom is 0.300 e. The third-order valence-corrected chi connectivity index (χ3v) is 6.40. The Morgan fingerprint density at radius 3 is 2.57 bits per heavy atom. The molecule has 8 heteroatoms. The van der Waals surface area contributed by atoms with Gasteiger partial charge in [-0.05, 0) is 42.5 Å². The monoisotopic (exact) mass is 490 g/mol. The average molecular weight is 491 g/mol. The molecule has 1 aromatic heterocycles. The average Bonchev–Trinajstić information content (AvgIpc) is 3.32. The maximum absolute atomic E-state index is 14.2. The zero-order chi connectivity index (χ0) is 24.9. The number of amides is 1. The molecular weight excluding hydrogens is 471 g/mol. The van der Waals surface area contributed by atoms with Gasteiger partial charge < -0.3 is 14.4 Å². The molecule has 176 valence electrons. The van der Waals surface area contributed by atoms with Crippen LogP contribution < -0.4 is 9.64 Å². The predicted octanol–water partition coefficient (Wildman–Crippen LogP) is 5.61. The molecule has 1 amide bonds. The Bertz CT molecular complexity index is 1540. The van der Waals surface area contributed by atoms with Crippen LogP contribution in [0.3, 0.4) is 0 Å². The van der Waals surface area contributed by atoms with Gasteiger partial charge in [0.05, 0.1) is 24.3 Å². The minimum Gasteiger partial charge on any atom is -0.507 e. The fourth-order valence-corrected chi connectivity index (χ4v) is 4.80. The lowest BCUT2D eigenvalue weighted by molar-refractivity contribution is -0.132. The first-order valence-corrected chi connectivity index (χ1v) is 11.1. The fraction of sp³-hybridized carbons (Fsp3) is 0.111. The normalized spacial score (nSPS) is 17.4. The number of ketones is 1. The van der Waals surface area contributed by atoms with Crippen LogP contribution in [-0.4, -0.2) is 28.5 Å². The first-order valence-electron chi connectivity index (χ1n) is 10.8. The van der Waals surface area contributed by atoms with Gasteiger partial charge in [-0.3, -0.25) is 14.5 Å². The first kappa shape index (κ1) is 22.7. The van der Waals surface area contributed by atoms with Crippen molar-refractivity contribution in [2.24, 2.45) is 7.05 Å². The van der Waals surface area contributed by atoms with Gasteiger partial charge >= 0.3 is 0 Å². The summed E-state index contributed by atoms with van der Waals surface area (Å²) in [5, 5.41) is 12.6. The molecule has 5 rings (SSSR count). The third-order valence-electron chi connectivity index (χ3n) is 6.17. The molecule has 1 aliphatic heterocycles. The minimum atomic E-state index is -0.993. The van der Waals surface area contributed by atoms with Crippen LogP contribution in [0.5, 0.6) is 5.75 Å². The van der Waals surface area contributed by atoms with Gasteiger partial charge in [0.25, 0.3) is 11.7 Å². The summed E-state index contributed by atoms with van der Waals surface area (Å²) < 4.78 is 21.3. The maximum atomic E-state index is 14.2. The lowest BCUT2D eigenvalue weighted by Crippen LogP contribution is -2.29. The summed E-state index contributed by atoms with van der Waals surface area (Å²) in [5.41, 5.74) is 1.70. The van der Waals surface area contributed by atoms with Crippen molar-refractivity contribution in [1.82, 2.24) is 4.57 Å². The minimum absolute atomic E-state index is 0.0261. The van der Waals surface area contributed by atoms with Crippen LogP contribution in [0, 0.1) is 5.82 Å². The standard InChI is InChI=1S/C27H20ClFN2O4/c1-30-14-20(18-8-3-4-9-21(18)30)24-23(25(32)19-13-16(29)10-11-22(19)35-2)26(33)27(34)31(24)17-7-5-6-15(28)12-17/h3-14,24,32H,1-2H3/b25-23+. The Balaban J connectivity index is 1.84. The number of nitrogens with zero attached hydrogens (tertiary/aromatic N) is 2.